The van der Waals surface area contributed by atoms with Crippen molar-refractivity contribution in [3.63, 3.8) is 0 Å². The standard InChI is InChI=1S/C6H7NO2S/c7-5-1-3-6(4-2-5)10(8)9/h1-3H,4,7H2. The van der Waals surface area contributed by atoms with Crippen LogP contribution in [-0.4, -0.2) is 13.3 Å². The van der Waals surface area contributed by atoms with Gasteiger partial charge in [-0.15, -0.1) is 0 Å². The maximum Gasteiger partial charge on any atom is 0.217 e. The van der Waals surface area contributed by atoms with E-state index >= 15 is 0 Å². The lowest BCUT2D eigenvalue weighted by Gasteiger charge is -1.98. The lowest BCUT2D eigenvalue weighted by molar-refractivity contribution is 0.627. The van der Waals surface area contributed by atoms with Gasteiger partial charge in [0.1, 0.15) is 0 Å². The third-order valence-electron chi connectivity index (χ3n) is 1.21. The molecule has 0 aliphatic heterocycles. The molecule has 3 nitrogen and oxygen atoms in total. The van der Waals surface area contributed by atoms with Crippen LogP contribution in [0.15, 0.2) is 23.9 Å². The van der Waals surface area contributed by atoms with Gasteiger partial charge in [0.25, 0.3) is 0 Å². The van der Waals surface area contributed by atoms with Gasteiger partial charge in [-0.2, -0.15) is 8.42 Å². The van der Waals surface area contributed by atoms with Gasteiger partial charge in [0.2, 0.25) is 10.3 Å². The summed E-state index contributed by atoms with van der Waals surface area (Å²) in [7, 11) is -2.09. The van der Waals surface area contributed by atoms with Crippen molar-refractivity contribution in [2.24, 2.45) is 5.73 Å². The molecule has 0 radical (unpaired) electrons. The molecule has 0 heterocycles. The minimum absolute atomic E-state index is 0.384. The van der Waals surface area contributed by atoms with Crippen LogP contribution in [0, 0.1) is 0 Å². The van der Waals surface area contributed by atoms with Gasteiger partial charge in [0, 0.05) is 12.1 Å². The Labute approximate surface area is 60.4 Å². The first-order chi connectivity index (χ1) is 4.70. The summed E-state index contributed by atoms with van der Waals surface area (Å²) >= 11 is 0. The van der Waals surface area contributed by atoms with E-state index in [9.17, 15) is 8.42 Å². The zero-order valence-electron chi connectivity index (χ0n) is 5.24. The highest BCUT2D eigenvalue weighted by Crippen LogP contribution is 2.01. The van der Waals surface area contributed by atoms with Crippen LogP contribution in [0.1, 0.15) is 6.42 Å². The maximum absolute atomic E-state index is 10.3. The Morgan fingerprint density at radius 2 is 2.10 bits per heavy atom. The van der Waals surface area contributed by atoms with Gasteiger partial charge in [0.05, 0.1) is 4.86 Å². The Morgan fingerprint density at radius 1 is 1.40 bits per heavy atom. The molecule has 0 aromatic rings. The fraction of sp³-hybridized carbons (Fsp3) is 0.167. The quantitative estimate of drug-likeness (QED) is 0.497. The van der Waals surface area contributed by atoms with Gasteiger partial charge < -0.3 is 5.73 Å². The average molecular weight is 157 g/mol. The predicted octanol–water partition coefficient (Wildman–Crippen LogP) is -0.160. The number of nitrogens with two attached hydrogens (primary N) is 1. The van der Waals surface area contributed by atoms with Crippen LogP contribution in [0.3, 0.4) is 0 Å². The highest BCUT2D eigenvalue weighted by atomic mass is 32.2. The van der Waals surface area contributed by atoms with Crippen molar-refractivity contribution in [1.29, 1.82) is 0 Å². The van der Waals surface area contributed by atoms with Gasteiger partial charge >= 0.3 is 0 Å². The molecule has 0 fully saturated rings. The normalized spacial score (nSPS) is 16.8. The summed E-state index contributed by atoms with van der Waals surface area (Å²) < 4.78 is 20.6. The summed E-state index contributed by atoms with van der Waals surface area (Å²) in [5.41, 5.74) is 5.98. The molecule has 0 aromatic carbocycles. The molecule has 10 heavy (non-hydrogen) atoms. The molecule has 2 N–H and O–H groups in total. The van der Waals surface area contributed by atoms with Gasteiger partial charge in [-0.1, -0.05) is 6.08 Å². The van der Waals surface area contributed by atoms with E-state index in [1.54, 1.807) is 12.2 Å². The lowest BCUT2D eigenvalue weighted by Crippen LogP contribution is -2.03. The van der Waals surface area contributed by atoms with Crippen LogP contribution >= 0.6 is 0 Å². The van der Waals surface area contributed by atoms with E-state index in [2.05, 4.69) is 0 Å². The molecular formula is C6H7NO2S. The first-order valence-electron chi connectivity index (χ1n) is 2.79. The molecular weight excluding hydrogens is 150 g/mol. The number of hydrogen-bond acceptors (Lipinski definition) is 3. The molecule has 1 rings (SSSR count). The Kier molecular flexibility index (Phi) is 1.91. The number of rotatable bonds is 0. The smallest absolute Gasteiger partial charge is 0.217 e. The van der Waals surface area contributed by atoms with Crippen molar-refractivity contribution in [2.45, 2.75) is 6.42 Å². The zero-order valence-corrected chi connectivity index (χ0v) is 6.06. The van der Waals surface area contributed by atoms with E-state index in [1.165, 1.54) is 6.08 Å². The third kappa shape index (κ3) is 1.48. The van der Waals surface area contributed by atoms with Crippen molar-refractivity contribution in [1.82, 2.24) is 0 Å². The molecule has 0 amide bonds. The predicted molar refractivity (Wildman–Crippen MR) is 40.0 cm³/mol. The van der Waals surface area contributed by atoms with Gasteiger partial charge in [-0.05, 0) is 12.2 Å². The van der Waals surface area contributed by atoms with Crippen molar-refractivity contribution >= 4 is 15.2 Å². The molecule has 0 aromatic heterocycles. The molecule has 54 valence electrons. The Hall–Kier alpha value is -1.03. The molecule has 1 aliphatic carbocycles. The Bertz CT molecular complexity index is 314. The highest BCUT2D eigenvalue weighted by molar-refractivity contribution is 7.73. The number of allylic oxidation sites excluding steroid dienone is 3. The Balaban J connectivity index is 3.01. The van der Waals surface area contributed by atoms with Crippen LogP contribution in [0.4, 0.5) is 0 Å². The molecule has 0 bridgehead atoms. The third-order valence-corrected chi connectivity index (χ3v) is 1.95. The van der Waals surface area contributed by atoms with Crippen LogP contribution in [-0.2, 0) is 10.3 Å². The minimum Gasteiger partial charge on any atom is -0.399 e. The summed E-state index contributed by atoms with van der Waals surface area (Å²) in [6, 6.07) is 0. The molecule has 0 saturated heterocycles. The first kappa shape index (κ1) is 7.08. The summed E-state index contributed by atoms with van der Waals surface area (Å²) in [5.74, 6) is 0. The van der Waals surface area contributed by atoms with Gasteiger partial charge in [0.15, 0.2) is 0 Å². The first-order valence-corrected chi connectivity index (χ1v) is 3.86. The van der Waals surface area contributed by atoms with Crippen molar-refractivity contribution in [2.75, 3.05) is 0 Å². The van der Waals surface area contributed by atoms with E-state index < -0.39 is 10.3 Å². The number of hydrogen-bond donors (Lipinski definition) is 1. The summed E-state index contributed by atoms with van der Waals surface area (Å²) in [6.45, 7) is 0. The fourth-order valence-corrected chi connectivity index (χ4v) is 1.07. The van der Waals surface area contributed by atoms with Crippen LogP contribution in [0.25, 0.3) is 0 Å². The fourth-order valence-electron chi connectivity index (χ4n) is 0.667. The van der Waals surface area contributed by atoms with E-state index in [0.717, 1.165) is 0 Å². The van der Waals surface area contributed by atoms with E-state index in [4.69, 9.17) is 5.73 Å². The van der Waals surface area contributed by atoms with E-state index in [-0.39, 0.29) is 0 Å². The molecule has 4 heteroatoms. The molecule has 0 atom stereocenters. The average Bonchev–Trinajstić information content (AvgIpc) is 1.88. The summed E-state index contributed by atoms with van der Waals surface area (Å²) in [4.78, 5) is 0.384. The second-order valence-electron chi connectivity index (χ2n) is 1.94. The van der Waals surface area contributed by atoms with Crippen LogP contribution in [0.2, 0.25) is 0 Å². The molecule has 0 saturated carbocycles. The highest BCUT2D eigenvalue weighted by Gasteiger charge is 1.99. The summed E-state index contributed by atoms with van der Waals surface area (Å²) in [6.07, 6.45) is 5.18. The molecule has 0 unspecified atom stereocenters. The van der Waals surface area contributed by atoms with Crippen LogP contribution < -0.4 is 5.73 Å². The van der Waals surface area contributed by atoms with Crippen LogP contribution in [0.5, 0.6) is 0 Å². The van der Waals surface area contributed by atoms with Gasteiger partial charge in [-0.25, -0.2) is 0 Å². The summed E-state index contributed by atoms with van der Waals surface area (Å²) in [5, 5.41) is 0. The lowest BCUT2D eigenvalue weighted by atomic mass is 10.1. The zero-order chi connectivity index (χ0) is 7.56. The monoisotopic (exact) mass is 157 g/mol. The second-order valence-corrected chi connectivity index (χ2v) is 2.94. The van der Waals surface area contributed by atoms with Crippen molar-refractivity contribution in [3.05, 3.63) is 23.9 Å². The van der Waals surface area contributed by atoms with E-state index in [1.807, 2.05) is 0 Å². The second kappa shape index (κ2) is 2.70. The minimum atomic E-state index is -2.09. The van der Waals surface area contributed by atoms with Crippen molar-refractivity contribution < 1.29 is 8.42 Å². The van der Waals surface area contributed by atoms with Crippen molar-refractivity contribution in [3.8, 4) is 0 Å². The largest absolute Gasteiger partial charge is 0.399 e. The Morgan fingerprint density at radius 3 is 2.50 bits per heavy atom. The maximum atomic E-state index is 10.3. The molecule has 1 aliphatic rings. The SMILES string of the molecule is NC1=CCC(=S(=O)=O)C=C1. The van der Waals surface area contributed by atoms with Gasteiger partial charge in [-0.3, -0.25) is 0 Å². The molecule has 0 spiro atoms. The topological polar surface area (TPSA) is 60.2 Å². The van der Waals surface area contributed by atoms with E-state index in [0.29, 0.717) is 17.0 Å².